The lowest BCUT2D eigenvalue weighted by atomic mass is 10.1. The van der Waals surface area contributed by atoms with E-state index < -0.39 is 6.61 Å². The van der Waals surface area contributed by atoms with Gasteiger partial charge in [0.15, 0.2) is 17.3 Å². The number of hydrogen-bond donors (Lipinski definition) is 0. The Morgan fingerprint density at radius 1 is 1.35 bits per heavy atom. The maximum Gasteiger partial charge on any atom is 0.387 e. The molecule has 0 bridgehead atoms. The van der Waals surface area contributed by atoms with Crippen LogP contribution in [0, 0.1) is 6.92 Å². The summed E-state index contributed by atoms with van der Waals surface area (Å²) in [7, 11) is 3.09. The fourth-order valence-corrected chi connectivity index (χ4v) is 2.08. The quantitative estimate of drug-likeness (QED) is 0.605. The van der Waals surface area contributed by atoms with E-state index in [-0.39, 0.29) is 17.3 Å². The van der Waals surface area contributed by atoms with Gasteiger partial charge >= 0.3 is 6.61 Å². The summed E-state index contributed by atoms with van der Waals surface area (Å²) < 4.78 is 35.5. The molecule has 23 heavy (non-hydrogen) atoms. The summed E-state index contributed by atoms with van der Waals surface area (Å²) in [6.07, 6.45) is 4.61. The number of benzene rings is 1. The van der Waals surface area contributed by atoms with Crippen LogP contribution in [0.25, 0.3) is 6.08 Å². The molecule has 0 N–H and O–H groups in total. The predicted molar refractivity (Wildman–Crippen MR) is 80.9 cm³/mol. The van der Waals surface area contributed by atoms with Gasteiger partial charge in [-0.15, -0.1) is 0 Å². The van der Waals surface area contributed by atoms with Crippen molar-refractivity contribution in [2.75, 3.05) is 7.11 Å². The number of hydrogen-bond acceptors (Lipinski definition) is 4. The van der Waals surface area contributed by atoms with Gasteiger partial charge in [-0.1, -0.05) is 12.1 Å². The fraction of sp³-hybridized carbons (Fsp3) is 0.250. The topological polar surface area (TPSA) is 53.4 Å². The van der Waals surface area contributed by atoms with Gasteiger partial charge in [0.2, 0.25) is 0 Å². The van der Waals surface area contributed by atoms with E-state index in [2.05, 4.69) is 9.84 Å². The normalized spacial score (nSPS) is 11.2. The van der Waals surface area contributed by atoms with Crippen molar-refractivity contribution < 1.29 is 23.0 Å². The Morgan fingerprint density at radius 3 is 2.65 bits per heavy atom. The van der Waals surface area contributed by atoms with Crippen LogP contribution in [0.1, 0.15) is 21.6 Å². The first-order valence-electron chi connectivity index (χ1n) is 6.76. The van der Waals surface area contributed by atoms with Gasteiger partial charge in [-0.2, -0.15) is 13.9 Å². The molecule has 0 amide bonds. The van der Waals surface area contributed by atoms with Crippen LogP contribution < -0.4 is 9.47 Å². The highest BCUT2D eigenvalue weighted by Crippen LogP contribution is 2.29. The van der Waals surface area contributed by atoms with Gasteiger partial charge in [0, 0.05) is 13.2 Å². The molecule has 0 saturated heterocycles. The van der Waals surface area contributed by atoms with Crippen molar-refractivity contribution in [3.8, 4) is 11.5 Å². The molecule has 0 spiro atoms. The van der Waals surface area contributed by atoms with E-state index in [4.69, 9.17) is 4.74 Å². The van der Waals surface area contributed by atoms with E-state index in [0.29, 0.717) is 16.8 Å². The summed E-state index contributed by atoms with van der Waals surface area (Å²) in [5.74, 6) is -0.0889. The highest BCUT2D eigenvalue weighted by Gasteiger charge is 2.11. The highest BCUT2D eigenvalue weighted by atomic mass is 19.3. The number of aromatic nitrogens is 2. The van der Waals surface area contributed by atoms with Crippen LogP contribution in [0.2, 0.25) is 0 Å². The molecule has 1 heterocycles. The predicted octanol–water partition coefficient (Wildman–Crippen LogP) is 3.23. The monoisotopic (exact) mass is 322 g/mol. The zero-order valence-corrected chi connectivity index (χ0v) is 12.9. The van der Waals surface area contributed by atoms with Gasteiger partial charge in [0.05, 0.1) is 18.4 Å². The Kier molecular flexibility index (Phi) is 5.10. The third-order valence-electron chi connectivity index (χ3n) is 3.11. The Morgan fingerprint density at radius 2 is 2.09 bits per heavy atom. The Balaban J connectivity index is 2.19. The van der Waals surface area contributed by atoms with Crippen LogP contribution >= 0.6 is 0 Å². The summed E-state index contributed by atoms with van der Waals surface area (Å²) in [5.41, 5.74) is 1.77. The molecule has 0 aliphatic rings. The molecule has 7 heteroatoms. The maximum absolute atomic E-state index is 12.3. The van der Waals surface area contributed by atoms with Crippen molar-refractivity contribution in [1.29, 1.82) is 0 Å². The zero-order valence-electron chi connectivity index (χ0n) is 12.9. The smallest absolute Gasteiger partial charge is 0.387 e. The fourth-order valence-electron chi connectivity index (χ4n) is 2.08. The van der Waals surface area contributed by atoms with Gasteiger partial charge < -0.3 is 9.47 Å². The maximum atomic E-state index is 12.3. The van der Waals surface area contributed by atoms with E-state index in [1.807, 2.05) is 0 Å². The second-order valence-electron chi connectivity index (χ2n) is 4.79. The van der Waals surface area contributed by atoms with Crippen molar-refractivity contribution in [3.05, 3.63) is 47.3 Å². The molecule has 122 valence electrons. The lowest BCUT2D eigenvalue weighted by molar-refractivity contribution is -0.0512. The summed E-state index contributed by atoms with van der Waals surface area (Å²) in [6, 6.07) is 4.43. The number of aryl methyl sites for hydroxylation is 2. The summed E-state index contributed by atoms with van der Waals surface area (Å²) in [4.78, 5) is 12.1. The van der Waals surface area contributed by atoms with Crippen LogP contribution in [-0.2, 0) is 7.05 Å². The third-order valence-corrected chi connectivity index (χ3v) is 3.11. The lowest BCUT2D eigenvalue weighted by Gasteiger charge is -2.10. The summed E-state index contributed by atoms with van der Waals surface area (Å²) >= 11 is 0. The second kappa shape index (κ2) is 7.04. The molecule has 0 aliphatic heterocycles. The van der Waals surface area contributed by atoms with E-state index >= 15 is 0 Å². The second-order valence-corrected chi connectivity index (χ2v) is 4.79. The third kappa shape index (κ3) is 4.15. The number of alkyl halides is 2. The first-order chi connectivity index (χ1) is 10.9. The number of methoxy groups -OCH3 is 1. The van der Waals surface area contributed by atoms with Crippen LogP contribution in [0.4, 0.5) is 8.78 Å². The van der Waals surface area contributed by atoms with Gasteiger partial charge in [0.25, 0.3) is 0 Å². The molecule has 1 aromatic carbocycles. The molecule has 5 nitrogen and oxygen atoms in total. The number of nitrogens with zero attached hydrogens (tertiary/aromatic N) is 2. The molecular formula is C16H16F2N2O3. The van der Waals surface area contributed by atoms with Gasteiger partial charge in [-0.25, -0.2) is 0 Å². The number of rotatable bonds is 6. The van der Waals surface area contributed by atoms with Crippen molar-refractivity contribution in [3.63, 3.8) is 0 Å². The summed E-state index contributed by atoms with van der Waals surface area (Å²) in [6.45, 7) is -1.18. The minimum Gasteiger partial charge on any atom is -0.493 e. The Labute approximate surface area is 132 Å². The van der Waals surface area contributed by atoms with Crippen molar-refractivity contribution >= 4 is 11.9 Å². The van der Waals surface area contributed by atoms with Crippen LogP contribution in [0.3, 0.4) is 0 Å². The molecule has 2 aromatic rings. The Bertz CT molecular complexity index is 739. The van der Waals surface area contributed by atoms with E-state index in [0.717, 1.165) is 0 Å². The summed E-state index contributed by atoms with van der Waals surface area (Å²) in [5, 5.41) is 4.11. The van der Waals surface area contributed by atoms with Crippen molar-refractivity contribution in [2.45, 2.75) is 13.5 Å². The number of halogens is 2. The number of ketones is 1. The van der Waals surface area contributed by atoms with Gasteiger partial charge in [0.1, 0.15) is 0 Å². The number of allylic oxidation sites excluding steroid dienone is 1. The van der Waals surface area contributed by atoms with Gasteiger partial charge in [-0.3, -0.25) is 9.48 Å². The zero-order chi connectivity index (χ0) is 17.0. The first-order valence-corrected chi connectivity index (χ1v) is 6.76. The van der Waals surface area contributed by atoms with Crippen molar-refractivity contribution in [2.24, 2.45) is 7.05 Å². The van der Waals surface area contributed by atoms with Crippen LogP contribution in [0.15, 0.2) is 30.5 Å². The SMILES string of the molecule is COc1cc(/C=C/C(=O)c2cn(C)nc2C)ccc1OC(F)F. The molecule has 0 unspecified atom stereocenters. The standard InChI is InChI=1S/C16H16F2N2O3/c1-10-12(9-20(2)19-10)13(21)6-4-11-5-7-14(23-16(17)18)15(8-11)22-3/h4-9,16H,1-3H3/b6-4+. The average molecular weight is 322 g/mol. The minimum absolute atomic E-state index is 0.0610. The number of ether oxygens (including phenoxy) is 2. The Hall–Kier alpha value is -2.70. The van der Waals surface area contributed by atoms with E-state index in [1.165, 1.54) is 25.3 Å². The van der Waals surface area contributed by atoms with Crippen LogP contribution in [-0.4, -0.2) is 29.3 Å². The van der Waals surface area contributed by atoms with Crippen LogP contribution in [0.5, 0.6) is 11.5 Å². The number of carbonyl (C=O) groups excluding carboxylic acids is 1. The average Bonchev–Trinajstić information content (AvgIpc) is 2.84. The number of carbonyl (C=O) groups is 1. The van der Waals surface area contributed by atoms with Gasteiger partial charge in [-0.05, 0) is 30.7 Å². The largest absolute Gasteiger partial charge is 0.493 e. The minimum atomic E-state index is -2.93. The molecule has 0 aliphatic carbocycles. The van der Waals surface area contributed by atoms with E-state index in [1.54, 1.807) is 37.0 Å². The molecule has 0 atom stereocenters. The molecule has 0 radical (unpaired) electrons. The molecular weight excluding hydrogens is 306 g/mol. The first kappa shape index (κ1) is 16.7. The molecule has 1 aromatic heterocycles. The van der Waals surface area contributed by atoms with E-state index in [9.17, 15) is 13.6 Å². The highest BCUT2D eigenvalue weighted by molar-refractivity contribution is 6.07. The molecule has 0 fully saturated rings. The molecule has 2 rings (SSSR count). The molecule has 0 saturated carbocycles. The lowest BCUT2D eigenvalue weighted by Crippen LogP contribution is -2.03. The van der Waals surface area contributed by atoms with Crippen molar-refractivity contribution in [1.82, 2.24) is 9.78 Å².